The third-order valence-corrected chi connectivity index (χ3v) is 7.40. The summed E-state index contributed by atoms with van der Waals surface area (Å²) in [5.41, 5.74) is 5.20. The second-order valence-corrected chi connectivity index (χ2v) is 11.6. The molecule has 208 valence electrons. The van der Waals surface area contributed by atoms with Crippen LogP contribution in [0.5, 0.6) is 0 Å². The quantitative estimate of drug-likeness (QED) is 0.125. The van der Waals surface area contributed by atoms with E-state index in [2.05, 4.69) is 57.7 Å². The van der Waals surface area contributed by atoms with Crippen LogP contribution in [0.2, 0.25) is 0 Å². The van der Waals surface area contributed by atoms with Gasteiger partial charge in [0.15, 0.2) is 12.4 Å². The predicted octanol–water partition coefficient (Wildman–Crippen LogP) is 7.31. The van der Waals surface area contributed by atoms with Crippen LogP contribution in [-0.2, 0) is 19.0 Å². The fourth-order valence-electron chi connectivity index (χ4n) is 5.17. The standard InChI is InChI=1S/C32H51NO4/c1-10-11-20-35-31-30(28(33(8)9)22-26(5)36-31)37-29(34)21-24(3)15-12-14-23(2)17-18-27-25(4)16-13-19-32(27,6)7/h12,14-15,17-18,21,26,28,30-31H,10-11,13,16,19-20,22H2,1-9H3. The summed E-state index contributed by atoms with van der Waals surface area (Å²) in [6.07, 6.45) is 17.5. The van der Waals surface area contributed by atoms with Gasteiger partial charge in [-0.25, -0.2) is 4.79 Å². The third-order valence-electron chi connectivity index (χ3n) is 7.40. The molecule has 37 heavy (non-hydrogen) atoms. The summed E-state index contributed by atoms with van der Waals surface area (Å²) < 4.78 is 17.9. The minimum Gasteiger partial charge on any atom is -0.452 e. The highest BCUT2D eigenvalue weighted by molar-refractivity contribution is 5.83. The van der Waals surface area contributed by atoms with Gasteiger partial charge in [0.05, 0.1) is 12.1 Å². The van der Waals surface area contributed by atoms with E-state index in [4.69, 9.17) is 14.2 Å². The average Bonchev–Trinajstić information content (AvgIpc) is 2.79. The fraction of sp³-hybridized carbons (Fsp3) is 0.656. The largest absolute Gasteiger partial charge is 0.452 e. The smallest absolute Gasteiger partial charge is 0.331 e. The molecule has 1 aliphatic heterocycles. The first-order valence-electron chi connectivity index (χ1n) is 14.0. The van der Waals surface area contributed by atoms with Crippen molar-refractivity contribution in [2.45, 2.75) is 112 Å². The number of rotatable bonds is 11. The molecule has 0 radical (unpaired) electrons. The molecule has 4 unspecified atom stereocenters. The predicted molar refractivity (Wildman–Crippen MR) is 153 cm³/mol. The van der Waals surface area contributed by atoms with Gasteiger partial charge in [0.25, 0.3) is 0 Å². The van der Waals surface area contributed by atoms with Gasteiger partial charge in [0, 0.05) is 12.7 Å². The molecular formula is C32H51NO4. The molecule has 0 N–H and O–H groups in total. The molecule has 5 heteroatoms. The lowest BCUT2D eigenvalue weighted by molar-refractivity contribution is -0.258. The van der Waals surface area contributed by atoms with E-state index in [1.807, 2.05) is 40.1 Å². The Morgan fingerprint density at radius 1 is 1.19 bits per heavy atom. The highest BCUT2D eigenvalue weighted by atomic mass is 16.7. The first-order valence-corrected chi connectivity index (χ1v) is 14.0. The Morgan fingerprint density at radius 3 is 2.57 bits per heavy atom. The fourth-order valence-corrected chi connectivity index (χ4v) is 5.17. The van der Waals surface area contributed by atoms with Gasteiger partial charge < -0.3 is 19.1 Å². The monoisotopic (exact) mass is 513 g/mol. The summed E-state index contributed by atoms with van der Waals surface area (Å²) >= 11 is 0. The van der Waals surface area contributed by atoms with Gasteiger partial charge in [0.1, 0.15) is 0 Å². The minimum atomic E-state index is -0.554. The summed E-state index contributed by atoms with van der Waals surface area (Å²) in [7, 11) is 4.01. The highest BCUT2D eigenvalue weighted by Crippen LogP contribution is 2.40. The third kappa shape index (κ3) is 10.0. The molecule has 4 atom stereocenters. The number of carbonyl (C=O) groups is 1. The zero-order valence-corrected chi connectivity index (χ0v) is 24.8. The van der Waals surface area contributed by atoms with Crippen LogP contribution >= 0.6 is 0 Å². The Kier molecular flexibility index (Phi) is 12.5. The molecule has 2 rings (SSSR count). The normalized spacial score (nSPS) is 27.5. The molecule has 0 aromatic carbocycles. The van der Waals surface area contributed by atoms with Gasteiger partial charge in [-0.3, -0.25) is 0 Å². The molecule has 1 aliphatic carbocycles. The van der Waals surface area contributed by atoms with E-state index >= 15 is 0 Å². The van der Waals surface area contributed by atoms with Crippen molar-refractivity contribution in [3.63, 3.8) is 0 Å². The zero-order chi connectivity index (χ0) is 27.6. The Hall–Kier alpha value is -1.95. The van der Waals surface area contributed by atoms with Crippen molar-refractivity contribution in [3.8, 4) is 0 Å². The van der Waals surface area contributed by atoms with E-state index in [9.17, 15) is 4.79 Å². The molecule has 1 fully saturated rings. The Balaban J connectivity index is 2.03. The van der Waals surface area contributed by atoms with Crippen LogP contribution in [0.1, 0.15) is 87.0 Å². The molecule has 0 aromatic rings. The summed E-state index contributed by atoms with van der Waals surface area (Å²) in [5, 5.41) is 0. The van der Waals surface area contributed by atoms with Gasteiger partial charge in [-0.1, -0.05) is 68.7 Å². The van der Waals surface area contributed by atoms with Crippen molar-refractivity contribution in [1.82, 2.24) is 4.90 Å². The lowest BCUT2D eigenvalue weighted by Gasteiger charge is -2.42. The van der Waals surface area contributed by atoms with Crippen molar-refractivity contribution >= 4 is 5.97 Å². The highest BCUT2D eigenvalue weighted by Gasteiger charge is 2.41. The summed E-state index contributed by atoms with van der Waals surface area (Å²) in [4.78, 5) is 14.9. The average molecular weight is 514 g/mol. The molecular weight excluding hydrogens is 462 g/mol. The molecule has 0 saturated carbocycles. The van der Waals surface area contributed by atoms with E-state index in [1.165, 1.54) is 36.0 Å². The number of hydrogen-bond acceptors (Lipinski definition) is 5. The summed E-state index contributed by atoms with van der Waals surface area (Å²) in [6, 6.07) is 0.0360. The van der Waals surface area contributed by atoms with Gasteiger partial charge in [0.2, 0.25) is 0 Å². The Labute approximate surface area is 226 Å². The molecule has 0 bridgehead atoms. The number of ether oxygens (including phenoxy) is 3. The zero-order valence-electron chi connectivity index (χ0n) is 24.8. The second-order valence-electron chi connectivity index (χ2n) is 11.6. The Bertz CT molecular complexity index is 906. The van der Waals surface area contributed by atoms with E-state index in [-0.39, 0.29) is 23.5 Å². The minimum absolute atomic E-state index is 0.0360. The van der Waals surface area contributed by atoms with E-state index in [0.717, 1.165) is 24.8 Å². The molecule has 2 aliphatic rings. The van der Waals surface area contributed by atoms with Gasteiger partial charge in [-0.15, -0.1) is 0 Å². The number of likely N-dealkylation sites (N-methyl/N-ethyl adjacent to an activating group) is 1. The number of esters is 1. The summed E-state index contributed by atoms with van der Waals surface area (Å²) in [5.74, 6) is -0.371. The number of carbonyl (C=O) groups excluding carboxylic acids is 1. The maximum Gasteiger partial charge on any atom is 0.331 e. The van der Waals surface area contributed by atoms with Crippen LogP contribution in [0, 0.1) is 5.41 Å². The van der Waals surface area contributed by atoms with Crippen molar-refractivity contribution in [1.29, 1.82) is 0 Å². The second kappa shape index (κ2) is 14.8. The first kappa shape index (κ1) is 31.3. The van der Waals surface area contributed by atoms with Crippen LogP contribution in [0.4, 0.5) is 0 Å². The van der Waals surface area contributed by atoms with Crippen LogP contribution in [0.25, 0.3) is 0 Å². The van der Waals surface area contributed by atoms with Gasteiger partial charge in [-0.2, -0.15) is 0 Å². The lowest BCUT2D eigenvalue weighted by atomic mass is 9.72. The maximum absolute atomic E-state index is 12.8. The molecule has 0 amide bonds. The molecule has 1 heterocycles. The molecule has 1 saturated heterocycles. The van der Waals surface area contributed by atoms with E-state index in [1.54, 1.807) is 6.08 Å². The van der Waals surface area contributed by atoms with Crippen LogP contribution < -0.4 is 0 Å². The SMILES string of the molecule is CCCCOC1OC(C)CC(N(C)C)C1OC(=O)C=C(C)C=CC=C(C)C=CC1=C(C)CCCC1(C)C. The van der Waals surface area contributed by atoms with Gasteiger partial charge in [-0.05, 0) is 90.5 Å². The molecule has 5 nitrogen and oxygen atoms in total. The Morgan fingerprint density at radius 2 is 1.92 bits per heavy atom. The number of unbranched alkanes of at least 4 members (excludes halogenated alkanes) is 1. The van der Waals surface area contributed by atoms with Crippen molar-refractivity contribution in [2.75, 3.05) is 20.7 Å². The molecule has 0 aromatic heterocycles. The van der Waals surface area contributed by atoms with Crippen LogP contribution in [0.15, 0.2) is 58.7 Å². The topological polar surface area (TPSA) is 48.0 Å². The maximum atomic E-state index is 12.8. The first-order chi connectivity index (χ1) is 17.4. The van der Waals surface area contributed by atoms with Crippen molar-refractivity contribution in [3.05, 3.63) is 58.7 Å². The lowest BCUT2D eigenvalue weighted by Crippen LogP contribution is -2.55. The van der Waals surface area contributed by atoms with E-state index in [0.29, 0.717) is 6.61 Å². The number of allylic oxidation sites excluding steroid dienone is 9. The van der Waals surface area contributed by atoms with Crippen molar-refractivity contribution in [2.24, 2.45) is 5.41 Å². The molecule has 0 spiro atoms. The van der Waals surface area contributed by atoms with Crippen LogP contribution in [0.3, 0.4) is 0 Å². The summed E-state index contributed by atoms with van der Waals surface area (Å²) in [6.45, 7) is 15.7. The van der Waals surface area contributed by atoms with Gasteiger partial charge >= 0.3 is 5.97 Å². The number of nitrogens with zero attached hydrogens (tertiary/aromatic N) is 1. The number of hydrogen-bond donors (Lipinski definition) is 0. The van der Waals surface area contributed by atoms with Crippen molar-refractivity contribution < 1.29 is 19.0 Å². The van der Waals surface area contributed by atoms with Crippen LogP contribution in [-0.4, -0.2) is 56.1 Å². The van der Waals surface area contributed by atoms with E-state index < -0.39 is 12.4 Å².